The first-order valence-electron chi connectivity index (χ1n) is 6.53. The highest BCUT2D eigenvalue weighted by Gasteiger charge is 2.35. The van der Waals surface area contributed by atoms with E-state index in [2.05, 4.69) is 0 Å². The van der Waals surface area contributed by atoms with Crippen molar-refractivity contribution >= 4 is 0 Å². The Balaban J connectivity index is 2.66. The van der Waals surface area contributed by atoms with E-state index in [4.69, 9.17) is 4.74 Å². The highest BCUT2D eigenvalue weighted by atomic mass is 19.1. The van der Waals surface area contributed by atoms with Crippen LogP contribution >= 0.6 is 0 Å². The number of methoxy groups -OCH3 is 1. The van der Waals surface area contributed by atoms with Crippen molar-refractivity contribution in [3.05, 3.63) is 70.5 Å². The molecule has 0 saturated carbocycles. The molecule has 0 aliphatic heterocycles. The van der Waals surface area contributed by atoms with Crippen LogP contribution in [-0.2, 0) is 10.3 Å². The van der Waals surface area contributed by atoms with Crippen molar-refractivity contribution in [1.29, 1.82) is 0 Å². The van der Waals surface area contributed by atoms with Crippen molar-refractivity contribution in [3.8, 4) is 0 Å². The van der Waals surface area contributed by atoms with Crippen LogP contribution in [-0.4, -0.2) is 18.8 Å². The molecule has 2 aromatic carbocycles. The van der Waals surface area contributed by atoms with Gasteiger partial charge >= 0.3 is 0 Å². The smallest absolute Gasteiger partial charge is 0.141 e. The molecule has 1 atom stereocenters. The minimum absolute atomic E-state index is 0.00215. The zero-order valence-corrected chi connectivity index (χ0v) is 12.0. The van der Waals surface area contributed by atoms with Crippen LogP contribution in [0.4, 0.5) is 4.39 Å². The van der Waals surface area contributed by atoms with Crippen molar-refractivity contribution in [2.45, 2.75) is 19.4 Å². The van der Waals surface area contributed by atoms with Gasteiger partial charge in [-0.05, 0) is 36.6 Å². The molecule has 3 heteroatoms. The summed E-state index contributed by atoms with van der Waals surface area (Å²) in [6.07, 6.45) is 0. The van der Waals surface area contributed by atoms with Crippen LogP contribution in [0.25, 0.3) is 0 Å². The molecule has 0 aliphatic carbocycles. The third kappa shape index (κ3) is 2.60. The van der Waals surface area contributed by atoms with Crippen LogP contribution in [0.2, 0.25) is 0 Å². The van der Waals surface area contributed by atoms with Gasteiger partial charge in [0.2, 0.25) is 0 Å². The maximum atomic E-state index is 14.4. The Morgan fingerprint density at radius 1 is 1.15 bits per heavy atom. The molecular formula is C17H19FO2. The molecule has 1 N–H and O–H groups in total. The quantitative estimate of drug-likeness (QED) is 0.926. The van der Waals surface area contributed by atoms with E-state index >= 15 is 0 Å². The zero-order valence-electron chi connectivity index (χ0n) is 12.0. The van der Waals surface area contributed by atoms with E-state index in [0.717, 1.165) is 5.56 Å². The monoisotopic (exact) mass is 274 g/mol. The molecule has 2 aromatic rings. The highest BCUT2D eigenvalue weighted by molar-refractivity contribution is 5.43. The molecule has 0 heterocycles. The Hall–Kier alpha value is -1.71. The minimum Gasteiger partial charge on any atom is -0.381 e. The highest BCUT2D eigenvalue weighted by Crippen LogP contribution is 2.34. The third-order valence-electron chi connectivity index (χ3n) is 3.45. The lowest BCUT2D eigenvalue weighted by atomic mass is 9.83. The Labute approximate surface area is 118 Å². The second-order valence-electron chi connectivity index (χ2n) is 5.10. The molecule has 0 radical (unpaired) electrons. The maximum Gasteiger partial charge on any atom is 0.141 e. The summed E-state index contributed by atoms with van der Waals surface area (Å²) in [6.45, 7) is 3.63. The van der Waals surface area contributed by atoms with Crippen LogP contribution in [0.15, 0.2) is 42.5 Å². The number of aryl methyl sites for hydroxylation is 2. The van der Waals surface area contributed by atoms with Gasteiger partial charge in [0.15, 0.2) is 0 Å². The van der Waals surface area contributed by atoms with Crippen LogP contribution in [0.3, 0.4) is 0 Å². The van der Waals surface area contributed by atoms with Gasteiger partial charge in [0.05, 0.1) is 6.61 Å². The lowest BCUT2D eigenvalue weighted by Gasteiger charge is -2.30. The largest absolute Gasteiger partial charge is 0.381 e. The molecule has 1 unspecified atom stereocenters. The number of hydrogen-bond acceptors (Lipinski definition) is 2. The van der Waals surface area contributed by atoms with Crippen molar-refractivity contribution in [2.75, 3.05) is 13.7 Å². The summed E-state index contributed by atoms with van der Waals surface area (Å²) < 4.78 is 19.5. The maximum absolute atomic E-state index is 14.4. The number of hydrogen-bond donors (Lipinski definition) is 1. The number of rotatable bonds is 4. The van der Waals surface area contributed by atoms with Gasteiger partial charge in [-0.25, -0.2) is 4.39 Å². The zero-order chi connectivity index (χ0) is 14.8. The van der Waals surface area contributed by atoms with Crippen molar-refractivity contribution < 1.29 is 14.2 Å². The summed E-state index contributed by atoms with van der Waals surface area (Å²) >= 11 is 0. The van der Waals surface area contributed by atoms with E-state index < -0.39 is 11.4 Å². The Bertz CT molecular complexity index is 572. The number of ether oxygens (including phenoxy) is 1. The number of aliphatic hydroxyl groups is 1. The second-order valence-corrected chi connectivity index (χ2v) is 5.10. The van der Waals surface area contributed by atoms with E-state index in [0.29, 0.717) is 11.1 Å². The molecule has 0 aliphatic rings. The van der Waals surface area contributed by atoms with E-state index in [9.17, 15) is 9.50 Å². The topological polar surface area (TPSA) is 29.5 Å². The van der Waals surface area contributed by atoms with Crippen LogP contribution in [0.1, 0.15) is 22.3 Å². The molecule has 0 saturated heterocycles. The van der Waals surface area contributed by atoms with Crippen molar-refractivity contribution in [2.24, 2.45) is 0 Å². The van der Waals surface area contributed by atoms with Gasteiger partial charge in [-0.15, -0.1) is 0 Å². The van der Waals surface area contributed by atoms with Crippen molar-refractivity contribution in [1.82, 2.24) is 0 Å². The molecule has 0 bridgehead atoms. The Kier molecular flexibility index (Phi) is 4.21. The first-order valence-corrected chi connectivity index (χ1v) is 6.53. The SMILES string of the molecule is COCC(O)(c1ccccc1)c1c(C)cc(C)cc1F. The summed E-state index contributed by atoms with van der Waals surface area (Å²) in [7, 11) is 1.50. The molecule has 0 amide bonds. The molecule has 2 rings (SSSR count). The molecule has 20 heavy (non-hydrogen) atoms. The average Bonchev–Trinajstić information content (AvgIpc) is 2.38. The van der Waals surface area contributed by atoms with Gasteiger partial charge in [0.25, 0.3) is 0 Å². The molecule has 0 spiro atoms. The molecular weight excluding hydrogens is 255 g/mol. The van der Waals surface area contributed by atoms with Gasteiger partial charge < -0.3 is 9.84 Å². The predicted octanol–water partition coefficient (Wildman–Crippen LogP) is 3.32. The number of benzene rings is 2. The van der Waals surface area contributed by atoms with Gasteiger partial charge in [-0.3, -0.25) is 0 Å². The summed E-state index contributed by atoms with van der Waals surface area (Å²) in [5.74, 6) is -0.411. The summed E-state index contributed by atoms with van der Waals surface area (Å²) in [5, 5.41) is 11.0. The summed E-state index contributed by atoms with van der Waals surface area (Å²) in [6, 6.07) is 12.3. The predicted molar refractivity (Wildman–Crippen MR) is 77.2 cm³/mol. The molecule has 0 aromatic heterocycles. The first-order chi connectivity index (χ1) is 9.49. The normalized spacial score (nSPS) is 14.1. The second kappa shape index (κ2) is 5.73. The Morgan fingerprint density at radius 3 is 2.35 bits per heavy atom. The van der Waals surface area contributed by atoms with E-state index in [1.54, 1.807) is 19.1 Å². The van der Waals surface area contributed by atoms with Crippen molar-refractivity contribution in [3.63, 3.8) is 0 Å². The first kappa shape index (κ1) is 14.7. The molecule has 0 fully saturated rings. The molecule has 106 valence electrons. The van der Waals surface area contributed by atoms with E-state index in [1.807, 2.05) is 31.2 Å². The lowest BCUT2D eigenvalue weighted by molar-refractivity contribution is -0.00616. The van der Waals surface area contributed by atoms with Gasteiger partial charge in [-0.1, -0.05) is 36.4 Å². The fourth-order valence-electron chi connectivity index (χ4n) is 2.66. The third-order valence-corrected chi connectivity index (χ3v) is 3.45. The molecule has 2 nitrogen and oxygen atoms in total. The van der Waals surface area contributed by atoms with Crippen LogP contribution in [0, 0.1) is 19.7 Å². The minimum atomic E-state index is -1.49. The summed E-state index contributed by atoms with van der Waals surface area (Å²) in [5.41, 5.74) is 0.948. The summed E-state index contributed by atoms with van der Waals surface area (Å²) in [4.78, 5) is 0. The number of halogens is 1. The fraction of sp³-hybridized carbons (Fsp3) is 0.294. The van der Waals surface area contributed by atoms with Crippen LogP contribution in [0.5, 0.6) is 0 Å². The standard InChI is InChI=1S/C17H19FO2/c1-12-9-13(2)16(15(18)10-12)17(19,11-20-3)14-7-5-4-6-8-14/h4-10,19H,11H2,1-3H3. The van der Waals surface area contributed by atoms with E-state index in [-0.39, 0.29) is 12.2 Å². The average molecular weight is 274 g/mol. The van der Waals surface area contributed by atoms with Crippen LogP contribution < -0.4 is 0 Å². The van der Waals surface area contributed by atoms with E-state index in [1.165, 1.54) is 13.2 Å². The fourth-order valence-corrected chi connectivity index (χ4v) is 2.66. The Morgan fingerprint density at radius 2 is 1.80 bits per heavy atom. The van der Waals surface area contributed by atoms with Gasteiger partial charge in [-0.2, -0.15) is 0 Å². The van der Waals surface area contributed by atoms with Gasteiger partial charge in [0, 0.05) is 12.7 Å². The lowest BCUT2D eigenvalue weighted by Crippen LogP contribution is -2.34. The van der Waals surface area contributed by atoms with Gasteiger partial charge in [0.1, 0.15) is 11.4 Å².